The number of benzene rings is 4. The van der Waals surface area contributed by atoms with E-state index in [0.717, 1.165) is 27.9 Å². The summed E-state index contributed by atoms with van der Waals surface area (Å²) in [4.78, 5) is 9.55. The highest BCUT2D eigenvalue weighted by atomic mass is 16.5. The molecule has 170 valence electrons. The lowest BCUT2D eigenvalue weighted by atomic mass is 10.0. The van der Waals surface area contributed by atoms with Crippen LogP contribution in [0.25, 0.3) is 33.8 Å². The maximum atomic E-state index is 8.32. The maximum Gasteiger partial charge on any atom is 0.215 e. The summed E-state index contributed by atoms with van der Waals surface area (Å²) < 4.78 is 5.77. The van der Waals surface area contributed by atoms with Crippen molar-refractivity contribution in [2.75, 3.05) is 0 Å². The number of ether oxygens (including phenoxy) is 1. The monoisotopic (exact) mass is 456 g/mol. The number of hydrogen-bond acceptors (Lipinski definition) is 5. The van der Waals surface area contributed by atoms with Crippen molar-refractivity contribution in [3.63, 3.8) is 0 Å². The number of hydrogen-bond donors (Lipinski definition) is 2. The largest absolute Gasteiger partial charge is 0.453 e. The molecule has 5 rings (SSSR count). The molecule has 1 aromatic heterocycles. The number of aromatic nitrogens is 2. The van der Waals surface area contributed by atoms with Crippen LogP contribution in [0.5, 0.6) is 0 Å². The van der Waals surface area contributed by atoms with Gasteiger partial charge >= 0.3 is 0 Å². The summed E-state index contributed by atoms with van der Waals surface area (Å²) in [6.07, 6.45) is -0.927. The lowest BCUT2D eigenvalue weighted by molar-refractivity contribution is 0.194. The molecule has 0 bridgehead atoms. The first kappa shape index (κ1) is 22.2. The fourth-order valence-electron chi connectivity index (χ4n) is 3.81. The van der Waals surface area contributed by atoms with Crippen molar-refractivity contribution in [2.24, 2.45) is 5.73 Å². The van der Waals surface area contributed by atoms with Crippen LogP contribution in [0.2, 0.25) is 0 Å². The van der Waals surface area contributed by atoms with Crippen molar-refractivity contribution >= 4 is 5.90 Å². The number of rotatable bonds is 6. The molecule has 0 amide bonds. The molecule has 0 aliphatic rings. The van der Waals surface area contributed by atoms with Crippen molar-refractivity contribution < 1.29 is 4.74 Å². The topological polar surface area (TPSA) is 84.9 Å². The molecule has 0 aliphatic carbocycles. The smallest absolute Gasteiger partial charge is 0.215 e. The molecule has 1 unspecified atom stereocenters. The van der Waals surface area contributed by atoms with E-state index in [9.17, 15) is 0 Å². The summed E-state index contributed by atoms with van der Waals surface area (Å²) in [5.74, 6) is 0.541. The van der Waals surface area contributed by atoms with Crippen LogP contribution in [0.4, 0.5) is 0 Å². The molecule has 0 fully saturated rings. The van der Waals surface area contributed by atoms with E-state index in [1.807, 2.05) is 97.1 Å². The molecule has 1 heterocycles. The molecule has 0 saturated carbocycles. The lowest BCUT2D eigenvalue weighted by Gasteiger charge is -2.17. The Balaban J connectivity index is 1.54. The zero-order valence-corrected chi connectivity index (χ0v) is 19.0. The fourth-order valence-corrected chi connectivity index (χ4v) is 3.81. The van der Waals surface area contributed by atoms with Gasteiger partial charge in [-0.1, -0.05) is 97.1 Å². The zero-order valence-electron chi connectivity index (χ0n) is 19.0. The van der Waals surface area contributed by atoms with Crippen LogP contribution in [0.1, 0.15) is 17.5 Å². The molecule has 0 radical (unpaired) electrons. The van der Waals surface area contributed by atoms with Crippen molar-refractivity contribution in [1.82, 2.24) is 9.97 Å². The van der Waals surface area contributed by atoms with Crippen LogP contribution in [-0.4, -0.2) is 15.9 Å². The van der Waals surface area contributed by atoms with E-state index in [1.54, 1.807) is 0 Å². The minimum absolute atomic E-state index is 0.00871. The standard InChI is InChI=1S/C30H24N4O/c31-28(22-13-6-2-7-14-22)35-29(32)27-20-26(33-30(34-27)23-15-8-3-9-16-23)25-18-10-17-24(19-25)21-11-4-1-5-12-21/h1-20,29,31H,32H2. The lowest BCUT2D eigenvalue weighted by Crippen LogP contribution is -2.21. The van der Waals surface area contributed by atoms with Gasteiger partial charge in [0.1, 0.15) is 5.69 Å². The van der Waals surface area contributed by atoms with Crippen molar-refractivity contribution in [2.45, 2.75) is 6.23 Å². The first-order valence-electron chi connectivity index (χ1n) is 11.3. The second-order valence-corrected chi connectivity index (χ2v) is 8.05. The average molecular weight is 457 g/mol. The predicted octanol–water partition coefficient (Wildman–Crippen LogP) is 6.48. The molecule has 5 aromatic rings. The molecule has 0 aliphatic heterocycles. The second-order valence-electron chi connectivity index (χ2n) is 8.05. The van der Waals surface area contributed by atoms with Crippen LogP contribution >= 0.6 is 0 Å². The van der Waals surface area contributed by atoms with E-state index >= 15 is 0 Å². The highest BCUT2D eigenvalue weighted by Gasteiger charge is 2.17. The Labute approximate surface area is 204 Å². The Morgan fingerprint density at radius 1 is 0.629 bits per heavy atom. The van der Waals surface area contributed by atoms with Crippen molar-refractivity contribution in [3.8, 4) is 33.8 Å². The normalized spacial score (nSPS) is 11.6. The van der Waals surface area contributed by atoms with Crippen LogP contribution in [0, 0.1) is 5.41 Å². The molecule has 35 heavy (non-hydrogen) atoms. The van der Waals surface area contributed by atoms with Gasteiger partial charge in [0.25, 0.3) is 0 Å². The molecule has 5 heteroatoms. The molecule has 3 N–H and O–H groups in total. The van der Waals surface area contributed by atoms with Gasteiger partial charge in [0.15, 0.2) is 12.1 Å². The van der Waals surface area contributed by atoms with Gasteiger partial charge in [0, 0.05) is 16.7 Å². The van der Waals surface area contributed by atoms with Crippen LogP contribution in [0.3, 0.4) is 0 Å². The Kier molecular flexibility index (Phi) is 6.42. The SMILES string of the molecule is N=C(OC(N)c1cc(-c2cccc(-c3ccccc3)c2)nc(-c2ccccc2)n1)c1ccccc1. The van der Waals surface area contributed by atoms with Crippen molar-refractivity contribution in [1.29, 1.82) is 5.41 Å². The van der Waals surface area contributed by atoms with Gasteiger partial charge in [-0.05, 0) is 35.4 Å². The predicted molar refractivity (Wildman–Crippen MR) is 140 cm³/mol. The Bertz CT molecular complexity index is 1440. The van der Waals surface area contributed by atoms with Gasteiger partial charge in [-0.15, -0.1) is 0 Å². The van der Waals surface area contributed by atoms with Crippen LogP contribution < -0.4 is 5.73 Å². The molecule has 0 saturated heterocycles. The number of nitrogens with zero attached hydrogens (tertiary/aromatic N) is 2. The van der Waals surface area contributed by atoms with E-state index in [2.05, 4.69) is 24.3 Å². The van der Waals surface area contributed by atoms with E-state index in [1.165, 1.54) is 0 Å². The summed E-state index contributed by atoms with van der Waals surface area (Å²) in [5, 5.41) is 8.32. The Morgan fingerprint density at radius 2 is 1.20 bits per heavy atom. The minimum atomic E-state index is -0.927. The third kappa shape index (κ3) is 5.16. The summed E-state index contributed by atoms with van der Waals surface area (Å²) in [6, 6.07) is 39.3. The number of nitrogens with one attached hydrogen (secondary N) is 1. The molecular formula is C30H24N4O. The van der Waals surface area contributed by atoms with Crippen LogP contribution in [-0.2, 0) is 4.74 Å². The second kappa shape index (κ2) is 10.1. The molecule has 4 aromatic carbocycles. The molecule has 1 atom stereocenters. The fraction of sp³-hybridized carbons (Fsp3) is 0.0333. The quantitative estimate of drug-likeness (QED) is 0.174. The van der Waals surface area contributed by atoms with Gasteiger partial charge in [-0.25, -0.2) is 9.97 Å². The molecule has 0 spiro atoms. The van der Waals surface area contributed by atoms with Gasteiger partial charge in [0.2, 0.25) is 5.90 Å². The summed E-state index contributed by atoms with van der Waals surface area (Å²) >= 11 is 0. The zero-order chi connectivity index (χ0) is 24.0. The first-order valence-corrected chi connectivity index (χ1v) is 11.3. The van der Waals surface area contributed by atoms with E-state index in [0.29, 0.717) is 17.1 Å². The van der Waals surface area contributed by atoms with Gasteiger partial charge in [-0.2, -0.15) is 0 Å². The molecule has 5 nitrogen and oxygen atoms in total. The average Bonchev–Trinajstić information content (AvgIpc) is 2.94. The third-order valence-corrected chi connectivity index (χ3v) is 5.62. The summed E-state index contributed by atoms with van der Waals surface area (Å²) in [7, 11) is 0. The Morgan fingerprint density at radius 3 is 1.89 bits per heavy atom. The van der Waals surface area contributed by atoms with E-state index in [4.69, 9.17) is 25.8 Å². The maximum absolute atomic E-state index is 8.32. The van der Waals surface area contributed by atoms with Crippen LogP contribution in [0.15, 0.2) is 121 Å². The van der Waals surface area contributed by atoms with E-state index < -0.39 is 6.23 Å². The molecular weight excluding hydrogens is 432 g/mol. The van der Waals surface area contributed by atoms with Gasteiger partial charge in [0.05, 0.1) is 5.69 Å². The van der Waals surface area contributed by atoms with Crippen molar-refractivity contribution in [3.05, 3.63) is 133 Å². The third-order valence-electron chi connectivity index (χ3n) is 5.62. The Hall–Kier alpha value is -4.61. The van der Waals surface area contributed by atoms with Gasteiger partial charge < -0.3 is 4.74 Å². The highest BCUT2D eigenvalue weighted by molar-refractivity contribution is 5.91. The van der Waals surface area contributed by atoms with Gasteiger partial charge in [-0.3, -0.25) is 11.1 Å². The van der Waals surface area contributed by atoms with E-state index in [-0.39, 0.29) is 5.90 Å². The first-order chi connectivity index (χ1) is 17.2. The minimum Gasteiger partial charge on any atom is -0.453 e. The number of nitrogens with two attached hydrogens (primary N) is 1. The summed E-state index contributed by atoms with van der Waals surface area (Å²) in [6.45, 7) is 0. The highest BCUT2D eigenvalue weighted by Crippen LogP contribution is 2.28. The summed E-state index contributed by atoms with van der Waals surface area (Å²) in [5.41, 5.74) is 12.3.